The number of amidine groups is 1. The number of allylic oxidation sites excluding steroid dienone is 1. The number of carbonyl (C=O) groups is 2. The number of benzene rings is 2. The summed E-state index contributed by atoms with van der Waals surface area (Å²) in [6, 6.07) is 15.2. The van der Waals surface area contributed by atoms with Gasteiger partial charge in [0.2, 0.25) is 0 Å². The predicted molar refractivity (Wildman–Crippen MR) is 139 cm³/mol. The number of aliphatic carboxylic acids is 1. The van der Waals surface area contributed by atoms with Crippen LogP contribution in [0.25, 0.3) is 11.1 Å². The van der Waals surface area contributed by atoms with Gasteiger partial charge in [-0.25, -0.2) is 14.6 Å². The molecule has 3 rings (SSSR count). The summed E-state index contributed by atoms with van der Waals surface area (Å²) in [5.74, 6) is -0.340. The predicted octanol–water partition coefficient (Wildman–Crippen LogP) is 6.46. The third kappa shape index (κ3) is 6.38. The summed E-state index contributed by atoms with van der Waals surface area (Å²) >= 11 is 0. The van der Waals surface area contributed by atoms with E-state index in [1.165, 1.54) is 0 Å². The molecule has 1 aliphatic rings. The highest BCUT2D eigenvalue weighted by Crippen LogP contribution is 2.29. The van der Waals surface area contributed by atoms with Crippen molar-refractivity contribution in [3.63, 3.8) is 0 Å². The van der Waals surface area contributed by atoms with Crippen LogP contribution in [0.15, 0.2) is 64.8 Å². The Bertz CT molecular complexity index is 1140. The van der Waals surface area contributed by atoms with Crippen molar-refractivity contribution in [3.8, 4) is 11.1 Å². The van der Waals surface area contributed by atoms with Crippen molar-refractivity contribution >= 4 is 17.8 Å². The van der Waals surface area contributed by atoms with Crippen molar-refractivity contribution < 1.29 is 19.4 Å². The number of carboxylic acids is 1. The first kappa shape index (κ1) is 26.2. The summed E-state index contributed by atoms with van der Waals surface area (Å²) < 4.78 is 5.59. The molecule has 0 aliphatic carbocycles. The molecule has 0 amide bonds. The molecule has 0 saturated carbocycles. The largest absolute Gasteiger partial charge is 0.478 e. The monoisotopic (exact) mass is 476 g/mol. The Labute approximate surface area is 208 Å². The summed E-state index contributed by atoms with van der Waals surface area (Å²) in [6.45, 7) is 12.0. The van der Waals surface area contributed by atoms with Gasteiger partial charge in [-0.05, 0) is 63.8 Å². The van der Waals surface area contributed by atoms with Gasteiger partial charge in [-0.2, -0.15) is 0 Å². The van der Waals surface area contributed by atoms with Gasteiger partial charge in [0.05, 0.1) is 22.9 Å². The minimum Gasteiger partial charge on any atom is -0.478 e. The highest BCUT2D eigenvalue weighted by molar-refractivity contribution is 5.97. The van der Waals surface area contributed by atoms with Gasteiger partial charge in [0.25, 0.3) is 0 Å². The average molecular weight is 477 g/mol. The van der Waals surface area contributed by atoms with Crippen LogP contribution in [0.1, 0.15) is 76.7 Å². The number of carboxylic acid groups (broad SMARTS) is 1. The molecule has 35 heavy (non-hydrogen) atoms. The van der Waals surface area contributed by atoms with Gasteiger partial charge in [-0.3, -0.25) is 0 Å². The van der Waals surface area contributed by atoms with E-state index in [1.54, 1.807) is 13.0 Å². The molecule has 2 aromatic carbocycles. The molecular weight excluding hydrogens is 440 g/mol. The first-order valence-corrected chi connectivity index (χ1v) is 12.2. The van der Waals surface area contributed by atoms with Crippen molar-refractivity contribution in [3.05, 3.63) is 70.9 Å². The molecule has 0 aromatic heterocycles. The number of carbonyl (C=O) groups excluding carboxylic acids is 1. The van der Waals surface area contributed by atoms with Crippen LogP contribution in [-0.2, 0) is 16.1 Å². The summed E-state index contributed by atoms with van der Waals surface area (Å²) in [7, 11) is 0. The zero-order chi connectivity index (χ0) is 25.8. The maximum Gasteiger partial charge on any atom is 0.339 e. The smallest absolute Gasteiger partial charge is 0.339 e. The van der Waals surface area contributed by atoms with Crippen LogP contribution in [0.4, 0.5) is 0 Å². The molecule has 0 bridgehead atoms. The molecule has 1 heterocycles. The van der Waals surface area contributed by atoms with Crippen molar-refractivity contribution in [2.75, 3.05) is 0 Å². The van der Waals surface area contributed by atoms with E-state index in [9.17, 15) is 14.7 Å². The van der Waals surface area contributed by atoms with Gasteiger partial charge >= 0.3 is 11.9 Å². The number of hydrogen-bond donors (Lipinski definition) is 1. The molecular formula is C29H36N2O4. The SMILES string of the molecule is CCCCC1=NC(C)=C(C(=O)O)C(C)N1Cc1ccc(-c2ccccc2C(=O)OC(C)(C)C)cc1. The molecule has 0 fully saturated rings. The summed E-state index contributed by atoms with van der Waals surface area (Å²) in [6.07, 6.45) is 2.85. The summed E-state index contributed by atoms with van der Waals surface area (Å²) in [4.78, 5) is 31.4. The molecule has 186 valence electrons. The molecule has 1 aliphatic heterocycles. The first-order chi connectivity index (χ1) is 16.5. The number of hydrogen-bond acceptors (Lipinski definition) is 5. The normalized spacial score (nSPS) is 16.2. The van der Waals surface area contributed by atoms with Gasteiger partial charge < -0.3 is 14.7 Å². The number of ether oxygens (including phenoxy) is 1. The maximum absolute atomic E-state index is 12.8. The Morgan fingerprint density at radius 2 is 1.74 bits per heavy atom. The van der Waals surface area contributed by atoms with E-state index in [2.05, 4.69) is 16.8 Å². The third-order valence-corrected chi connectivity index (χ3v) is 6.05. The fourth-order valence-corrected chi connectivity index (χ4v) is 4.33. The Morgan fingerprint density at radius 3 is 2.34 bits per heavy atom. The molecule has 1 unspecified atom stereocenters. The van der Waals surface area contributed by atoms with Crippen molar-refractivity contribution in [2.24, 2.45) is 4.99 Å². The second-order valence-corrected chi connectivity index (χ2v) is 9.98. The van der Waals surface area contributed by atoms with Crippen molar-refractivity contribution in [1.82, 2.24) is 4.90 Å². The van der Waals surface area contributed by atoms with Crippen LogP contribution < -0.4 is 0 Å². The Balaban J connectivity index is 1.87. The second-order valence-electron chi connectivity index (χ2n) is 9.98. The van der Waals surface area contributed by atoms with Crippen LogP contribution >= 0.6 is 0 Å². The van der Waals surface area contributed by atoms with Gasteiger partial charge in [-0.15, -0.1) is 0 Å². The van der Waals surface area contributed by atoms with Crippen LogP contribution in [0, 0.1) is 0 Å². The lowest BCUT2D eigenvalue weighted by Crippen LogP contribution is -2.43. The van der Waals surface area contributed by atoms with E-state index in [4.69, 9.17) is 4.74 Å². The number of esters is 1. The summed E-state index contributed by atoms with van der Waals surface area (Å²) in [5, 5.41) is 9.74. The lowest BCUT2D eigenvalue weighted by atomic mass is 9.97. The number of aliphatic imine (C=N–C) groups is 1. The van der Waals surface area contributed by atoms with E-state index >= 15 is 0 Å². The first-order valence-electron chi connectivity index (χ1n) is 12.2. The topological polar surface area (TPSA) is 79.2 Å². The maximum atomic E-state index is 12.8. The quantitative estimate of drug-likeness (QED) is 0.442. The highest BCUT2D eigenvalue weighted by atomic mass is 16.6. The Morgan fingerprint density at radius 1 is 1.09 bits per heavy atom. The molecule has 6 heteroatoms. The molecule has 1 N–H and O–H groups in total. The number of nitrogens with zero attached hydrogens (tertiary/aromatic N) is 2. The van der Waals surface area contributed by atoms with Crippen molar-refractivity contribution in [1.29, 1.82) is 0 Å². The Kier molecular flexibility index (Phi) is 8.15. The lowest BCUT2D eigenvalue weighted by molar-refractivity contribution is -0.133. The van der Waals surface area contributed by atoms with E-state index in [-0.39, 0.29) is 12.0 Å². The third-order valence-electron chi connectivity index (χ3n) is 6.05. The van der Waals surface area contributed by atoms with Crippen LogP contribution in [0.3, 0.4) is 0 Å². The minimum absolute atomic E-state index is 0.274. The van der Waals surface area contributed by atoms with Crippen LogP contribution in [-0.4, -0.2) is 39.4 Å². The number of unbranched alkanes of at least 4 members (excludes halogenated alkanes) is 1. The zero-order valence-corrected chi connectivity index (χ0v) is 21.6. The average Bonchev–Trinajstić information content (AvgIpc) is 2.79. The van der Waals surface area contributed by atoms with E-state index in [0.29, 0.717) is 23.4 Å². The van der Waals surface area contributed by atoms with Gasteiger partial charge in [0, 0.05) is 13.0 Å². The lowest BCUT2D eigenvalue weighted by Gasteiger charge is -2.36. The molecule has 0 radical (unpaired) electrons. The van der Waals surface area contributed by atoms with Gasteiger partial charge in [0.15, 0.2) is 0 Å². The fourth-order valence-electron chi connectivity index (χ4n) is 4.33. The Hall–Kier alpha value is -3.41. The summed E-state index contributed by atoms with van der Waals surface area (Å²) in [5.41, 5.74) is 3.66. The highest BCUT2D eigenvalue weighted by Gasteiger charge is 2.31. The number of rotatable bonds is 8. The van der Waals surface area contributed by atoms with Crippen LogP contribution in [0.5, 0.6) is 0 Å². The molecule has 2 aromatic rings. The van der Waals surface area contributed by atoms with Crippen molar-refractivity contribution in [2.45, 2.75) is 79.0 Å². The molecule has 1 atom stereocenters. The minimum atomic E-state index is -0.924. The molecule has 0 saturated heterocycles. The fraction of sp³-hybridized carbons (Fsp3) is 0.414. The van der Waals surface area contributed by atoms with E-state index < -0.39 is 11.6 Å². The van der Waals surface area contributed by atoms with Crippen LogP contribution in [0.2, 0.25) is 0 Å². The second kappa shape index (κ2) is 10.9. The van der Waals surface area contributed by atoms with Gasteiger partial charge in [-0.1, -0.05) is 55.8 Å². The standard InChI is InChI=1S/C29H36N2O4/c1-7-8-13-25-30-19(2)26(27(32)33)20(3)31(25)18-21-14-16-22(17-15-21)23-11-9-10-12-24(23)28(34)35-29(4,5)6/h9-12,14-17,20H,7-8,13,18H2,1-6H3,(H,32,33). The van der Waals surface area contributed by atoms with E-state index in [1.807, 2.05) is 70.2 Å². The van der Waals surface area contributed by atoms with E-state index in [0.717, 1.165) is 41.8 Å². The molecule has 6 nitrogen and oxygen atoms in total. The zero-order valence-electron chi connectivity index (χ0n) is 21.6. The van der Waals surface area contributed by atoms with Gasteiger partial charge in [0.1, 0.15) is 11.4 Å². The molecule has 0 spiro atoms.